The summed E-state index contributed by atoms with van der Waals surface area (Å²) in [4.78, 5) is 12.5. The summed E-state index contributed by atoms with van der Waals surface area (Å²) in [6.07, 6.45) is 0. The normalized spacial score (nSPS) is 15.5. The van der Waals surface area contributed by atoms with Gasteiger partial charge in [-0.25, -0.2) is 9.37 Å². The Hall–Kier alpha value is -2.56. The van der Waals surface area contributed by atoms with E-state index in [1.165, 1.54) is 6.07 Å². The molecule has 0 bridgehead atoms. The molecule has 0 aliphatic carbocycles. The summed E-state index contributed by atoms with van der Waals surface area (Å²) in [6.45, 7) is 3.47. The highest BCUT2D eigenvalue weighted by Crippen LogP contribution is 2.21. The fourth-order valence-electron chi connectivity index (χ4n) is 2.94. The number of benzene rings is 2. The summed E-state index contributed by atoms with van der Waals surface area (Å²) in [5.41, 5.74) is 3.00. The minimum atomic E-state index is -0.183. The highest BCUT2D eigenvalue weighted by Gasteiger charge is 2.19. The number of nitrogens with zero attached hydrogens (tertiary/aromatic N) is 3. The number of rotatable bonds is 2. The minimum Gasteiger partial charge on any atom is -0.368 e. The number of imidazole rings is 1. The lowest BCUT2D eigenvalue weighted by molar-refractivity contribution is 0.618. The van der Waals surface area contributed by atoms with Crippen molar-refractivity contribution in [3.8, 4) is 0 Å². The van der Waals surface area contributed by atoms with Crippen LogP contribution in [-0.4, -0.2) is 36.1 Å². The van der Waals surface area contributed by atoms with Crippen LogP contribution in [0.3, 0.4) is 0 Å². The first kappa shape index (κ1) is 13.1. The molecule has 3 aromatic rings. The van der Waals surface area contributed by atoms with E-state index in [-0.39, 0.29) is 5.82 Å². The zero-order chi connectivity index (χ0) is 14.9. The number of aromatic amines is 1. The molecule has 0 saturated carbocycles. The van der Waals surface area contributed by atoms with Crippen LogP contribution < -0.4 is 9.80 Å². The van der Waals surface area contributed by atoms with Crippen LogP contribution in [0, 0.1) is 5.82 Å². The highest BCUT2D eigenvalue weighted by atomic mass is 19.1. The van der Waals surface area contributed by atoms with Crippen molar-refractivity contribution >= 4 is 22.7 Å². The topological polar surface area (TPSA) is 35.2 Å². The highest BCUT2D eigenvalue weighted by molar-refractivity contribution is 5.77. The number of hydrogen-bond donors (Lipinski definition) is 1. The molecule has 1 aromatic heterocycles. The van der Waals surface area contributed by atoms with Gasteiger partial charge in [-0.3, -0.25) is 0 Å². The van der Waals surface area contributed by atoms with Gasteiger partial charge in [0.25, 0.3) is 0 Å². The van der Waals surface area contributed by atoms with Gasteiger partial charge in [0.1, 0.15) is 5.82 Å². The van der Waals surface area contributed by atoms with Crippen LogP contribution in [-0.2, 0) is 0 Å². The van der Waals surface area contributed by atoms with Crippen LogP contribution in [0.25, 0.3) is 11.0 Å². The van der Waals surface area contributed by atoms with E-state index in [4.69, 9.17) is 0 Å². The maximum absolute atomic E-state index is 13.3. The molecule has 2 aromatic carbocycles. The number of nitrogens with one attached hydrogen (secondary N) is 1. The van der Waals surface area contributed by atoms with Crippen molar-refractivity contribution in [1.82, 2.24) is 9.97 Å². The molecular weight excluding hydrogens is 279 g/mol. The number of halogens is 1. The molecule has 1 aliphatic heterocycles. The van der Waals surface area contributed by atoms with Crippen LogP contribution >= 0.6 is 0 Å². The minimum absolute atomic E-state index is 0.183. The first-order chi connectivity index (χ1) is 10.8. The molecule has 1 aliphatic rings. The number of hydrogen-bond acceptors (Lipinski definition) is 3. The van der Waals surface area contributed by atoms with Gasteiger partial charge in [0.05, 0.1) is 11.0 Å². The molecule has 22 heavy (non-hydrogen) atoms. The fourth-order valence-corrected chi connectivity index (χ4v) is 2.94. The molecule has 0 atom stereocenters. The van der Waals surface area contributed by atoms with Crippen molar-refractivity contribution in [2.75, 3.05) is 36.0 Å². The standard InChI is InChI=1S/C17H17FN4/c18-13-4-3-5-14(12-13)21-8-10-22(11-9-21)17-19-15-6-1-2-7-16(15)20-17/h1-7,12H,8-11H2,(H,19,20). The van der Waals surface area contributed by atoms with E-state index in [1.54, 1.807) is 12.1 Å². The molecule has 0 spiro atoms. The largest absolute Gasteiger partial charge is 0.368 e. The molecule has 0 unspecified atom stereocenters. The molecule has 4 nitrogen and oxygen atoms in total. The van der Waals surface area contributed by atoms with E-state index in [9.17, 15) is 4.39 Å². The summed E-state index contributed by atoms with van der Waals surface area (Å²) in [6, 6.07) is 14.8. The average Bonchev–Trinajstić information content (AvgIpc) is 2.99. The lowest BCUT2D eigenvalue weighted by Gasteiger charge is -2.36. The second-order valence-corrected chi connectivity index (χ2v) is 5.53. The van der Waals surface area contributed by atoms with E-state index >= 15 is 0 Å². The van der Waals surface area contributed by atoms with Crippen LogP contribution in [0.1, 0.15) is 0 Å². The van der Waals surface area contributed by atoms with Crippen LogP contribution in [0.2, 0.25) is 0 Å². The van der Waals surface area contributed by atoms with E-state index in [0.717, 1.165) is 48.8 Å². The predicted octanol–water partition coefficient (Wildman–Crippen LogP) is 3.03. The second kappa shape index (κ2) is 5.33. The Labute approximate surface area is 128 Å². The van der Waals surface area contributed by atoms with Gasteiger partial charge in [0.2, 0.25) is 5.95 Å². The van der Waals surface area contributed by atoms with Gasteiger partial charge >= 0.3 is 0 Å². The molecule has 0 amide bonds. The Morgan fingerprint density at radius 1 is 0.909 bits per heavy atom. The zero-order valence-corrected chi connectivity index (χ0v) is 12.2. The van der Waals surface area contributed by atoms with Crippen LogP contribution in [0.15, 0.2) is 48.5 Å². The number of H-pyrrole nitrogens is 1. The quantitative estimate of drug-likeness (QED) is 0.789. The van der Waals surface area contributed by atoms with Gasteiger partial charge in [-0.05, 0) is 30.3 Å². The van der Waals surface area contributed by atoms with E-state index in [2.05, 4.69) is 19.8 Å². The van der Waals surface area contributed by atoms with Gasteiger partial charge in [0.15, 0.2) is 0 Å². The van der Waals surface area contributed by atoms with E-state index < -0.39 is 0 Å². The van der Waals surface area contributed by atoms with Crippen LogP contribution in [0.4, 0.5) is 16.0 Å². The SMILES string of the molecule is Fc1cccc(N2CCN(c3nc4ccccc4[nH]3)CC2)c1. The number of anilines is 2. The smallest absolute Gasteiger partial charge is 0.203 e. The van der Waals surface area contributed by atoms with Gasteiger partial charge in [-0.15, -0.1) is 0 Å². The Balaban J connectivity index is 1.49. The van der Waals surface area contributed by atoms with Gasteiger partial charge in [-0.1, -0.05) is 18.2 Å². The Morgan fingerprint density at radius 2 is 1.68 bits per heavy atom. The molecular formula is C17H17FN4. The Kier molecular flexibility index (Phi) is 3.18. The number of fused-ring (bicyclic) bond motifs is 1. The summed E-state index contributed by atoms with van der Waals surface area (Å²) in [5, 5.41) is 0. The number of aromatic nitrogens is 2. The Bertz CT molecular complexity index is 757. The summed E-state index contributed by atoms with van der Waals surface area (Å²) in [7, 11) is 0. The molecule has 1 fully saturated rings. The zero-order valence-electron chi connectivity index (χ0n) is 12.2. The van der Waals surface area contributed by atoms with E-state index in [0.29, 0.717) is 0 Å². The first-order valence-electron chi connectivity index (χ1n) is 7.50. The summed E-state index contributed by atoms with van der Waals surface area (Å²) >= 11 is 0. The fraction of sp³-hybridized carbons (Fsp3) is 0.235. The lowest BCUT2D eigenvalue weighted by atomic mass is 10.2. The summed E-state index contributed by atoms with van der Waals surface area (Å²) in [5.74, 6) is 0.734. The number of piperazine rings is 1. The molecule has 112 valence electrons. The van der Waals surface area contributed by atoms with Gasteiger partial charge in [-0.2, -0.15) is 0 Å². The maximum Gasteiger partial charge on any atom is 0.203 e. The third-order valence-corrected chi connectivity index (χ3v) is 4.13. The van der Waals surface area contributed by atoms with Crippen molar-refractivity contribution in [2.45, 2.75) is 0 Å². The molecule has 2 heterocycles. The Morgan fingerprint density at radius 3 is 2.45 bits per heavy atom. The third-order valence-electron chi connectivity index (χ3n) is 4.13. The second-order valence-electron chi connectivity index (χ2n) is 5.53. The maximum atomic E-state index is 13.3. The van der Waals surface area contributed by atoms with Crippen molar-refractivity contribution < 1.29 is 4.39 Å². The molecule has 0 radical (unpaired) electrons. The van der Waals surface area contributed by atoms with Gasteiger partial charge < -0.3 is 14.8 Å². The molecule has 1 saturated heterocycles. The van der Waals surface area contributed by atoms with Crippen molar-refractivity contribution in [2.24, 2.45) is 0 Å². The van der Waals surface area contributed by atoms with Crippen molar-refractivity contribution in [3.05, 3.63) is 54.3 Å². The molecule has 1 N–H and O–H groups in total. The van der Waals surface area contributed by atoms with Crippen molar-refractivity contribution in [1.29, 1.82) is 0 Å². The average molecular weight is 296 g/mol. The van der Waals surface area contributed by atoms with Crippen LogP contribution in [0.5, 0.6) is 0 Å². The molecule has 5 heteroatoms. The number of para-hydroxylation sites is 2. The van der Waals surface area contributed by atoms with Crippen molar-refractivity contribution in [3.63, 3.8) is 0 Å². The van der Waals surface area contributed by atoms with Gasteiger partial charge in [0, 0.05) is 31.9 Å². The predicted molar refractivity (Wildman–Crippen MR) is 86.9 cm³/mol. The molecule has 4 rings (SSSR count). The third kappa shape index (κ3) is 2.39. The monoisotopic (exact) mass is 296 g/mol. The lowest BCUT2D eigenvalue weighted by Crippen LogP contribution is -2.47. The summed E-state index contributed by atoms with van der Waals surface area (Å²) < 4.78 is 13.3. The van der Waals surface area contributed by atoms with E-state index in [1.807, 2.05) is 30.3 Å². The first-order valence-corrected chi connectivity index (χ1v) is 7.50.